The second-order valence-corrected chi connectivity index (χ2v) is 9.62. The van der Waals surface area contributed by atoms with Gasteiger partial charge in [-0.3, -0.25) is 14.4 Å². The zero-order chi connectivity index (χ0) is 26.5. The molecule has 0 N–H and O–H groups in total. The van der Waals surface area contributed by atoms with Gasteiger partial charge in [0.1, 0.15) is 12.1 Å². The van der Waals surface area contributed by atoms with E-state index >= 15 is 0 Å². The molecule has 8 nitrogen and oxygen atoms in total. The molecule has 1 unspecified atom stereocenters. The first kappa shape index (κ1) is 25.5. The fourth-order valence-electron chi connectivity index (χ4n) is 4.71. The highest BCUT2D eigenvalue weighted by Gasteiger charge is 2.28. The van der Waals surface area contributed by atoms with Crippen LogP contribution in [0, 0.1) is 6.92 Å². The lowest BCUT2D eigenvalue weighted by Crippen LogP contribution is -2.45. The molecule has 1 atom stereocenters. The molecule has 1 aliphatic rings. The van der Waals surface area contributed by atoms with E-state index in [4.69, 9.17) is 13.6 Å². The van der Waals surface area contributed by atoms with Gasteiger partial charge in [0.2, 0.25) is 5.91 Å². The van der Waals surface area contributed by atoms with Crippen LogP contribution in [0.5, 0.6) is 0 Å². The van der Waals surface area contributed by atoms with Crippen molar-refractivity contribution in [1.29, 1.82) is 0 Å². The molecule has 1 fully saturated rings. The number of amides is 2. The first-order chi connectivity index (χ1) is 18.5. The summed E-state index contributed by atoms with van der Waals surface area (Å²) >= 11 is 0. The maximum Gasteiger partial charge on any atom is 0.290 e. The Morgan fingerprint density at radius 2 is 1.82 bits per heavy atom. The molecule has 2 aromatic carbocycles. The average Bonchev–Trinajstić information content (AvgIpc) is 3.65. The smallest absolute Gasteiger partial charge is 0.290 e. The summed E-state index contributed by atoms with van der Waals surface area (Å²) in [5, 5.41) is 0.475. The highest BCUT2D eigenvalue weighted by Crippen LogP contribution is 2.18. The topological polar surface area (TPSA) is 93.2 Å². The van der Waals surface area contributed by atoms with E-state index in [2.05, 4.69) is 0 Å². The maximum absolute atomic E-state index is 13.8. The van der Waals surface area contributed by atoms with Gasteiger partial charge < -0.3 is 23.4 Å². The summed E-state index contributed by atoms with van der Waals surface area (Å²) in [6.07, 6.45) is 4.45. The third-order valence-electron chi connectivity index (χ3n) is 6.72. The van der Waals surface area contributed by atoms with E-state index in [-0.39, 0.29) is 55.3 Å². The number of rotatable bonds is 9. The summed E-state index contributed by atoms with van der Waals surface area (Å²) in [4.78, 5) is 43.4. The number of fused-ring (bicyclic) bond motifs is 1. The zero-order valence-corrected chi connectivity index (χ0v) is 21.3. The van der Waals surface area contributed by atoms with Gasteiger partial charge in [-0.1, -0.05) is 42.0 Å². The SMILES string of the molecule is Cc1ccc2occ(CN(Cc3ccccc3)C(=O)CN(CC3CCCO3)C(=O)c3ccco3)c(=O)c2c1. The molecule has 3 heterocycles. The van der Waals surface area contributed by atoms with E-state index < -0.39 is 0 Å². The lowest BCUT2D eigenvalue weighted by Gasteiger charge is -2.28. The van der Waals surface area contributed by atoms with Crippen LogP contribution >= 0.6 is 0 Å². The first-order valence-electron chi connectivity index (χ1n) is 12.7. The summed E-state index contributed by atoms with van der Waals surface area (Å²) in [5.74, 6) is -0.509. The summed E-state index contributed by atoms with van der Waals surface area (Å²) in [7, 11) is 0. The maximum atomic E-state index is 13.8. The fourth-order valence-corrected chi connectivity index (χ4v) is 4.71. The van der Waals surface area contributed by atoms with Gasteiger partial charge in [0, 0.05) is 19.7 Å². The summed E-state index contributed by atoms with van der Waals surface area (Å²) < 4.78 is 16.8. The second kappa shape index (κ2) is 11.5. The molecule has 0 spiro atoms. The van der Waals surface area contributed by atoms with Crippen LogP contribution in [-0.4, -0.2) is 47.4 Å². The van der Waals surface area contributed by atoms with Crippen molar-refractivity contribution in [3.05, 3.63) is 106 Å². The quantitative estimate of drug-likeness (QED) is 0.326. The average molecular weight is 515 g/mol. The standard InChI is InChI=1S/C30H30N2O6/c1-21-11-12-26-25(15-21)29(34)23(20-38-26)17-31(16-22-7-3-2-4-8-22)28(33)19-32(18-24-9-5-13-36-24)30(35)27-10-6-14-37-27/h2-4,6-8,10-12,14-15,20,24H,5,9,13,16-19H2,1H3. The predicted octanol–water partition coefficient (Wildman–Crippen LogP) is 4.54. The second-order valence-electron chi connectivity index (χ2n) is 9.62. The van der Waals surface area contributed by atoms with Crippen LogP contribution in [0.2, 0.25) is 0 Å². The molecule has 4 aromatic rings. The van der Waals surface area contributed by atoms with Gasteiger partial charge in [-0.15, -0.1) is 0 Å². The number of carbonyl (C=O) groups is 2. The van der Waals surface area contributed by atoms with E-state index in [9.17, 15) is 14.4 Å². The van der Waals surface area contributed by atoms with E-state index in [1.54, 1.807) is 29.2 Å². The van der Waals surface area contributed by atoms with Crippen LogP contribution in [0.4, 0.5) is 0 Å². The molecule has 0 saturated carbocycles. The lowest BCUT2D eigenvalue weighted by atomic mass is 10.1. The van der Waals surface area contributed by atoms with Crippen LogP contribution in [0.25, 0.3) is 11.0 Å². The molecule has 0 radical (unpaired) electrons. The summed E-state index contributed by atoms with van der Waals surface area (Å²) in [5.41, 5.74) is 2.54. The fraction of sp³-hybridized carbons (Fsp3) is 0.300. The number of benzene rings is 2. The number of ether oxygens (including phenoxy) is 1. The van der Waals surface area contributed by atoms with Crippen molar-refractivity contribution in [1.82, 2.24) is 9.80 Å². The molecular formula is C30H30N2O6. The van der Waals surface area contributed by atoms with Crippen LogP contribution in [0.1, 0.15) is 40.1 Å². The predicted molar refractivity (Wildman–Crippen MR) is 142 cm³/mol. The lowest BCUT2D eigenvalue weighted by molar-refractivity contribution is -0.133. The Labute approximate surface area is 220 Å². The van der Waals surface area contributed by atoms with Gasteiger partial charge >= 0.3 is 0 Å². The Kier molecular flexibility index (Phi) is 7.70. The highest BCUT2D eigenvalue weighted by atomic mass is 16.5. The van der Waals surface area contributed by atoms with Gasteiger partial charge in [0.05, 0.1) is 36.1 Å². The van der Waals surface area contributed by atoms with E-state index in [0.29, 0.717) is 23.1 Å². The van der Waals surface area contributed by atoms with Gasteiger partial charge in [0.25, 0.3) is 5.91 Å². The molecule has 0 bridgehead atoms. The number of nitrogens with zero attached hydrogens (tertiary/aromatic N) is 2. The summed E-state index contributed by atoms with van der Waals surface area (Å²) in [6.45, 7) is 2.97. The minimum Gasteiger partial charge on any atom is -0.464 e. The Balaban J connectivity index is 1.43. The van der Waals surface area contributed by atoms with Crippen molar-refractivity contribution in [3.63, 3.8) is 0 Å². The van der Waals surface area contributed by atoms with Gasteiger partial charge in [-0.05, 0) is 49.6 Å². The van der Waals surface area contributed by atoms with Crippen molar-refractivity contribution >= 4 is 22.8 Å². The molecule has 5 rings (SSSR count). The van der Waals surface area contributed by atoms with E-state index in [1.165, 1.54) is 17.4 Å². The third kappa shape index (κ3) is 5.86. The van der Waals surface area contributed by atoms with Gasteiger partial charge in [0.15, 0.2) is 11.2 Å². The molecule has 0 aliphatic carbocycles. The van der Waals surface area contributed by atoms with Crippen molar-refractivity contribution < 1.29 is 23.2 Å². The number of hydrogen-bond donors (Lipinski definition) is 0. The van der Waals surface area contributed by atoms with Crippen molar-refractivity contribution in [2.45, 2.75) is 39.0 Å². The van der Waals surface area contributed by atoms with Crippen LogP contribution < -0.4 is 5.43 Å². The Morgan fingerprint density at radius 1 is 0.974 bits per heavy atom. The number of hydrogen-bond acceptors (Lipinski definition) is 6. The van der Waals surface area contributed by atoms with Gasteiger partial charge in [-0.25, -0.2) is 0 Å². The number of carbonyl (C=O) groups excluding carboxylic acids is 2. The summed E-state index contributed by atoms with van der Waals surface area (Å²) in [6, 6.07) is 18.2. The van der Waals surface area contributed by atoms with Crippen LogP contribution in [0.15, 0.2) is 86.8 Å². The van der Waals surface area contributed by atoms with Crippen LogP contribution in [-0.2, 0) is 22.6 Å². The molecule has 2 aromatic heterocycles. The first-order valence-corrected chi connectivity index (χ1v) is 12.7. The molecule has 2 amide bonds. The zero-order valence-electron chi connectivity index (χ0n) is 21.3. The number of furan rings is 1. The molecule has 1 aliphatic heterocycles. The van der Waals surface area contributed by atoms with Crippen molar-refractivity contribution in [3.8, 4) is 0 Å². The Morgan fingerprint density at radius 3 is 2.55 bits per heavy atom. The molecule has 196 valence electrons. The van der Waals surface area contributed by atoms with E-state index in [1.807, 2.05) is 43.3 Å². The van der Waals surface area contributed by atoms with Gasteiger partial charge in [-0.2, -0.15) is 0 Å². The molecule has 38 heavy (non-hydrogen) atoms. The number of aryl methyl sites for hydroxylation is 1. The van der Waals surface area contributed by atoms with Crippen LogP contribution in [0.3, 0.4) is 0 Å². The van der Waals surface area contributed by atoms with Crippen molar-refractivity contribution in [2.75, 3.05) is 19.7 Å². The monoisotopic (exact) mass is 514 g/mol. The normalized spacial score (nSPS) is 15.0. The third-order valence-corrected chi connectivity index (χ3v) is 6.72. The molecule has 8 heteroatoms. The van der Waals surface area contributed by atoms with E-state index in [0.717, 1.165) is 24.0 Å². The van der Waals surface area contributed by atoms with Crippen molar-refractivity contribution in [2.24, 2.45) is 0 Å². The minimum atomic E-state index is -0.376. The Bertz CT molecular complexity index is 1460. The molecule has 1 saturated heterocycles. The molecular weight excluding hydrogens is 484 g/mol. The largest absolute Gasteiger partial charge is 0.464 e. The Hall–Kier alpha value is -4.17. The highest BCUT2D eigenvalue weighted by molar-refractivity contribution is 5.94. The minimum absolute atomic E-state index is 0.0443.